The Morgan fingerprint density at radius 1 is 1.37 bits per heavy atom. The Bertz CT molecular complexity index is 410. The topological polar surface area (TPSA) is 41.7 Å². The zero-order valence-electron chi connectivity index (χ0n) is 12.2. The number of nitrogens with two attached hydrogens (primary N) is 1. The fourth-order valence-corrected chi connectivity index (χ4v) is 2.86. The lowest BCUT2D eigenvalue weighted by Crippen LogP contribution is -2.56. The molecule has 1 aliphatic rings. The van der Waals surface area contributed by atoms with Gasteiger partial charge in [-0.05, 0) is 39.1 Å². The molecule has 0 aromatic heterocycles. The molecule has 0 saturated carbocycles. The molecule has 2 unspecified atom stereocenters. The summed E-state index contributed by atoms with van der Waals surface area (Å²) in [6.45, 7) is 5.12. The first kappa shape index (κ1) is 14.2. The van der Waals surface area contributed by atoms with Gasteiger partial charge in [-0.25, -0.2) is 0 Å². The maximum atomic E-state index is 5.72. The number of hydrogen-bond donors (Lipinski definition) is 1. The van der Waals surface area contributed by atoms with E-state index in [0.717, 1.165) is 31.8 Å². The fourth-order valence-electron chi connectivity index (χ4n) is 2.86. The van der Waals surface area contributed by atoms with Crippen LogP contribution in [0.4, 0.5) is 5.69 Å². The van der Waals surface area contributed by atoms with E-state index in [9.17, 15) is 0 Å². The number of likely N-dealkylation sites (N-methyl/N-ethyl adjacent to an activating group) is 1. The van der Waals surface area contributed by atoms with Gasteiger partial charge in [0, 0.05) is 36.9 Å². The van der Waals surface area contributed by atoms with Crippen LogP contribution in [0.15, 0.2) is 24.3 Å². The van der Waals surface area contributed by atoms with Crippen molar-refractivity contribution in [3.63, 3.8) is 0 Å². The van der Waals surface area contributed by atoms with Gasteiger partial charge in [0.2, 0.25) is 0 Å². The van der Waals surface area contributed by atoms with Gasteiger partial charge in [0.05, 0.1) is 7.11 Å². The first-order chi connectivity index (χ1) is 9.15. The normalized spacial score (nSPS) is 24.5. The summed E-state index contributed by atoms with van der Waals surface area (Å²) in [5.41, 5.74) is 6.96. The third-order valence-electron chi connectivity index (χ3n) is 4.00. The van der Waals surface area contributed by atoms with Crippen LogP contribution >= 0.6 is 0 Å². The first-order valence-electron chi connectivity index (χ1n) is 6.96. The van der Waals surface area contributed by atoms with Crippen LogP contribution in [0, 0.1) is 0 Å². The quantitative estimate of drug-likeness (QED) is 0.895. The van der Waals surface area contributed by atoms with E-state index in [0.29, 0.717) is 12.1 Å². The number of benzene rings is 1. The van der Waals surface area contributed by atoms with Crippen LogP contribution in [-0.4, -0.2) is 50.8 Å². The van der Waals surface area contributed by atoms with E-state index in [1.807, 2.05) is 6.07 Å². The zero-order chi connectivity index (χ0) is 13.8. The summed E-state index contributed by atoms with van der Waals surface area (Å²) in [4.78, 5) is 4.89. The molecular weight excluding hydrogens is 238 g/mol. The SMILES string of the molecule is COc1cccc(N2CC(CCN)N(C)CC2C)c1. The number of anilines is 1. The van der Waals surface area contributed by atoms with Crippen molar-refractivity contribution in [2.45, 2.75) is 25.4 Å². The number of hydrogen-bond acceptors (Lipinski definition) is 4. The Morgan fingerprint density at radius 3 is 2.84 bits per heavy atom. The van der Waals surface area contributed by atoms with Gasteiger partial charge in [-0.2, -0.15) is 0 Å². The van der Waals surface area contributed by atoms with Gasteiger partial charge in [0.1, 0.15) is 5.75 Å². The van der Waals surface area contributed by atoms with Crippen molar-refractivity contribution in [1.82, 2.24) is 4.90 Å². The number of rotatable bonds is 4. The molecule has 2 rings (SSSR count). The highest BCUT2D eigenvalue weighted by molar-refractivity contribution is 5.52. The van der Waals surface area contributed by atoms with E-state index >= 15 is 0 Å². The lowest BCUT2D eigenvalue weighted by molar-refractivity contribution is 0.185. The molecule has 1 saturated heterocycles. The summed E-state index contributed by atoms with van der Waals surface area (Å²) in [7, 11) is 3.91. The summed E-state index contributed by atoms with van der Waals surface area (Å²) >= 11 is 0. The number of ether oxygens (including phenoxy) is 1. The van der Waals surface area contributed by atoms with Gasteiger partial charge < -0.3 is 15.4 Å². The van der Waals surface area contributed by atoms with E-state index < -0.39 is 0 Å². The molecule has 4 nitrogen and oxygen atoms in total. The Hall–Kier alpha value is -1.26. The second kappa shape index (κ2) is 6.26. The molecule has 1 aromatic carbocycles. The minimum Gasteiger partial charge on any atom is -0.497 e. The Balaban J connectivity index is 2.17. The van der Waals surface area contributed by atoms with Crippen LogP contribution in [0.25, 0.3) is 0 Å². The van der Waals surface area contributed by atoms with Gasteiger partial charge in [0.25, 0.3) is 0 Å². The number of methoxy groups -OCH3 is 1. The van der Waals surface area contributed by atoms with Crippen LogP contribution in [0.3, 0.4) is 0 Å². The third-order valence-corrected chi connectivity index (χ3v) is 4.00. The molecule has 2 N–H and O–H groups in total. The largest absolute Gasteiger partial charge is 0.497 e. The summed E-state index contributed by atoms with van der Waals surface area (Å²) < 4.78 is 5.32. The van der Waals surface area contributed by atoms with E-state index in [4.69, 9.17) is 10.5 Å². The molecule has 0 radical (unpaired) electrons. The van der Waals surface area contributed by atoms with Crippen LogP contribution in [0.5, 0.6) is 5.75 Å². The average Bonchev–Trinajstić information content (AvgIpc) is 2.42. The van der Waals surface area contributed by atoms with Crippen molar-refractivity contribution in [2.24, 2.45) is 5.73 Å². The summed E-state index contributed by atoms with van der Waals surface area (Å²) in [6.07, 6.45) is 1.05. The highest BCUT2D eigenvalue weighted by atomic mass is 16.5. The maximum absolute atomic E-state index is 5.72. The summed E-state index contributed by atoms with van der Waals surface area (Å²) in [5.74, 6) is 0.916. The molecule has 19 heavy (non-hydrogen) atoms. The van der Waals surface area contributed by atoms with Crippen molar-refractivity contribution in [3.05, 3.63) is 24.3 Å². The maximum Gasteiger partial charge on any atom is 0.120 e. The van der Waals surface area contributed by atoms with Gasteiger partial charge in [-0.15, -0.1) is 0 Å². The Kier molecular flexibility index (Phi) is 4.66. The minimum atomic E-state index is 0.506. The molecule has 1 fully saturated rings. The van der Waals surface area contributed by atoms with Crippen molar-refractivity contribution in [2.75, 3.05) is 38.7 Å². The standard InChI is InChI=1S/C15H25N3O/c1-12-10-17(2)14(7-8-16)11-18(12)13-5-4-6-15(9-13)19-3/h4-6,9,12,14H,7-8,10-11,16H2,1-3H3. The second-order valence-electron chi connectivity index (χ2n) is 5.37. The van der Waals surface area contributed by atoms with E-state index in [1.165, 1.54) is 5.69 Å². The first-order valence-corrected chi connectivity index (χ1v) is 6.96. The molecule has 4 heteroatoms. The highest BCUT2D eigenvalue weighted by Crippen LogP contribution is 2.26. The van der Waals surface area contributed by atoms with Gasteiger partial charge in [-0.3, -0.25) is 4.90 Å². The molecule has 1 aliphatic heterocycles. The number of nitrogens with zero attached hydrogens (tertiary/aromatic N) is 2. The second-order valence-corrected chi connectivity index (χ2v) is 5.37. The molecule has 1 heterocycles. The number of piperazine rings is 1. The molecule has 2 atom stereocenters. The van der Waals surface area contributed by atoms with Crippen LogP contribution < -0.4 is 15.4 Å². The molecule has 106 valence electrons. The van der Waals surface area contributed by atoms with Crippen molar-refractivity contribution in [1.29, 1.82) is 0 Å². The summed E-state index contributed by atoms with van der Waals surface area (Å²) in [6, 6.07) is 9.35. The molecule has 0 amide bonds. The minimum absolute atomic E-state index is 0.506. The van der Waals surface area contributed by atoms with Crippen LogP contribution in [-0.2, 0) is 0 Å². The fraction of sp³-hybridized carbons (Fsp3) is 0.600. The summed E-state index contributed by atoms with van der Waals surface area (Å²) in [5, 5.41) is 0. The van der Waals surface area contributed by atoms with Crippen LogP contribution in [0.1, 0.15) is 13.3 Å². The lowest BCUT2D eigenvalue weighted by Gasteiger charge is -2.45. The van der Waals surface area contributed by atoms with E-state index in [1.54, 1.807) is 7.11 Å². The highest BCUT2D eigenvalue weighted by Gasteiger charge is 2.28. The van der Waals surface area contributed by atoms with Crippen molar-refractivity contribution >= 4 is 5.69 Å². The average molecular weight is 263 g/mol. The molecule has 0 bridgehead atoms. The molecule has 1 aromatic rings. The Labute approximate surface area is 116 Å². The molecular formula is C15H25N3O. The van der Waals surface area contributed by atoms with Crippen molar-refractivity contribution in [3.8, 4) is 5.75 Å². The third kappa shape index (κ3) is 3.19. The smallest absolute Gasteiger partial charge is 0.120 e. The monoisotopic (exact) mass is 263 g/mol. The molecule has 0 spiro atoms. The Morgan fingerprint density at radius 2 is 2.16 bits per heavy atom. The molecule has 0 aliphatic carbocycles. The zero-order valence-corrected chi connectivity index (χ0v) is 12.2. The van der Waals surface area contributed by atoms with Crippen molar-refractivity contribution < 1.29 is 4.74 Å². The lowest BCUT2D eigenvalue weighted by atomic mass is 10.0. The predicted molar refractivity (Wildman–Crippen MR) is 79.9 cm³/mol. The van der Waals surface area contributed by atoms with E-state index in [2.05, 4.69) is 42.0 Å². The van der Waals surface area contributed by atoms with Crippen LogP contribution in [0.2, 0.25) is 0 Å². The van der Waals surface area contributed by atoms with E-state index in [-0.39, 0.29) is 0 Å². The predicted octanol–water partition coefficient (Wildman–Crippen LogP) is 1.55. The van der Waals surface area contributed by atoms with Gasteiger partial charge in [-0.1, -0.05) is 6.07 Å². The van der Waals surface area contributed by atoms with Gasteiger partial charge in [0.15, 0.2) is 0 Å². The van der Waals surface area contributed by atoms with Gasteiger partial charge >= 0.3 is 0 Å².